The second-order valence-electron chi connectivity index (χ2n) is 4.77. The molecular weight excluding hydrogens is 318 g/mol. The van der Waals surface area contributed by atoms with E-state index in [9.17, 15) is 0 Å². The van der Waals surface area contributed by atoms with Gasteiger partial charge in [0.25, 0.3) is 0 Å². The van der Waals surface area contributed by atoms with Gasteiger partial charge in [0.1, 0.15) is 11.8 Å². The molecule has 0 N–H and O–H groups in total. The van der Waals surface area contributed by atoms with Crippen LogP contribution in [0.3, 0.4) is 0 Å². The molecule has 1 heterocycles. The third-order valence-electron chi connectivity index (χ3n) is 3.58. The highest BCUT2D eigenvalue weighted by Gasteiger charge is 2.20. The van der Waals surface area contributed by atoms with Crippen LogP contribution >= 0.6 is 15.9 Å². The van der Waals surface area contributed by atoms with Gasteiger partial charge >= 0.3 is 0 Å². The van der Waals surface area contributed by atoms with Crippen molar-refractivity contribution >= 4 is 15.9 Å². The first kappa shape index (κ1) is 14.6. The number of halogens is 1. The van der Waals surface area contributed by atoms with Crippen LogP contribution in [0.1, 0.15) is 22.4 Å². The molecule has 1 aromatic carbocycles. The van der Waals surface area contributed by atoms with E-state index in [1.807, 2.05) is 20.9 Å². The van der Waals surface area contributed by atoms with E-state index in [-0.39, 0.29) is 0 Å². The number of aryl methyl sites for hydroxylation is 2. The molecule has 2 rings (SSSR count). The Morgan fingerprint density at radius 3 is 2.45 bits per heavy atom. The first-order chi connectivity index (χ1) is 9.42. The van der Waals surface area contributed by atoms with Crippen molar-refractivity contribution < 1.29 is 4.74 Å². The van der Waals surface area contributed by atoms with Gasteiger partial charge in [0.05, 0.1) is 17.3 Å². The van der Waals surface area contributed by atoms with Crippen LogP contribution in [0.5, 0.6) is 5.75 Å². The Bertz CT molecular complexity index is 726. The zero-order chi connectivity index (χ0) is 15.0. The maximum Gasteiger partial charge on any atom is 0.177 e. The van der Waals surface area contributed by atoms with E-state index in [2.05, 4.69) is 40.1 Å². The van der Waals surface area contributed by atoms with Gasteiger partial charge in [-0.1, -0.05) is 0 Å². The molecule has 0 amide bonds. The minimum absolute atomic E-state index is 0.396. The van der Waals surface area contributed by atoms with Crippen LogP contribution in [0.15, 0.2) is 10.5 Å². The lowest BCUT2D eigenvalue weighted by atomic mass is 9.96. The SMILES string of the molecule is COc1c(C)cc(-c2c(Br)c(C#N)nn2C)c(C)c1C. The number of rotatable bonds is 2. The molecule has 0 atom stereocenters. The summed E-state index contributed by atoms with van der Waals surface area (Å²) in [7, 11) is 3.53. The van der Waals surface area contributed by atoms with Crippen molar-refractivity contribution in [3.05, 3.63) is 32.9 Å². The Balaban J connectivity index is 2.78. The Labute approximate surface area is 127 Å². The second kappa shape index (κ2) is 5.29. The number of hydrogen-bond acceptors (Lipinski definition) is 3. The summed E-state index contributed by atoms with van der Waals surface area (Å²) in [5, 5.41) is 13.3. The zero-order valence-corrected chi connectivity index (χ0v) is 13.8. The molecule has 0 saturated heterocycles. The van der Waals surface area contributed by atoms with E-state index >= 15 is 0 Å². The Hall–Kier alpha value is -1.80. The van der Waals surface area contributed by atoms with Gasteiger partial charge in [0.15, 0.2) is 5.69 Å². The number of benzene rings is 1. The molecule has 2 aromatic rings. The van der Waals surface area contributed by atoms with Crippen LogP contribution in [0.2, 0.25) is 0 Å². The summed E-state index contributed by atoms with van der Waals surface area (Å²) in [6.07, 6.45) is 0. The van der Waals surface area contributed by atoms with Gasteiger partial charge in [-0.2, -0.15) is 10.4 Å². The van der Waals surface area contributed by atoms with Crippen LogP contribution in [-0.4, -0.2) is 16.9 Å². The summed E-state index contributed by atoms with van der Waals surface area (Å²) in [6, 6.07) is 4.17. The highest BCUT2D eigenvalue weighted by molar-refractivity contribution is 9.10. The molecule has 0 unspecified atom stereocenters. The van der Waals surface area contributed by atoms with Gasteiger partial charge in [0.2, 0.25) is 0 Å². The van der Waals surface area contributed by atoms with E-state index < -0.39 is 0 Å². The minimum atomic E-state index is 0.396. The molecule has 5 heteroatoms. The second-order valence-corrected chi connectivity index (χ2v) is 5.56. The van der Waals surface area contributed by atoms with Crippen LogP contribution < -0.4 is 4.74 Å². The molecule has 0 fully saturated rings. The first-order valence-corrected chi connectivity index (χ1v) is 6.99. The van der Waals surface area contributed by atoms with Crippen LogP contribution in [0.25, 0.3) is 11.3 Å². The van der Waals surface area contributed by atoms with Crippen molar-refractivity contribution in [2.45, 2.75) is 20.8 Å². The topological polar surface area (TPSA) is 50.8 Å². The van der Waals surface area contributed by atoms with Gasteiger partial charge in [-0.25, -0.2) is 0 Å². The average Bonchev–Trinajstić information content (AvgIpc) is 2.69. The number of nitriles is 1. The van der Waals surface area contributed by atoms with E-state index in [1.54, 1.807) is 11.8 Å². The van der Waals surface area contributed by atoms with Crippen molar-refractivity contribution in [2.24, 2.45) is 7.05 Å². The fraction of sp³-hybridized carbons (Fsp3) is 0.333. The fourth-order valence-electron chi connectivity index (χ4n) is 2.48. The van der Waals surface area contributed by atoms with Crippen LogP contribution in [0, 0.1) is 32.1 Å². The van der Waals surface area contributed by atoms with Crippen molar-refractivity contribution in [3.8, 4) is 23.1 Å². The molecule has 0 bridgehead atoms. The summed E-state index contributed by atoms with van der Waals surface area (Å²) in [5.41, 5.74) is 5.66. The van der Waals surface area contributed by atoms with Gasteiger partial charge in [-0.05, 0) is 59.5 Å². The van der Waals surface area contributed by atoms with Crippen LogP contribution in [0.4, 0.5) is 0 Å². The fourth-order valence-corrected chi connectivity index (χ4v) is 3.12. The Kier molecular flexibility index (Phi) is 3.87. The molecule has 0 radical (unpaired) electrons. The highest BCUT2D eigenvalue weighted by Crippen LogP contribution is 2.38. The zero-order valence-electron chi connectivity index (χ0n) is 12.2. The third-order valence-corrected chi connectivity index (χ3v) is 4.33. The molecule has 20 heavy (non-hydrogen) atoms. The molecule has 1 aromatic heterocycles. The Morgan fingerprint density at radius 1 is 1.30 bits per heavy atom. The molecule has 0 spiro atoms. The average molecular weight is 334 g/mol. The van der Waals surface area contributed by atoms with E-state index in [0.29, 0.717) is 5.69 Å². The lowest BCUT2D eigenvalue weighted by Crippen LogP contribution is -2.00. The summed E-state index contributed by atoms with van der Waals surface area (Å²) in [6.45, 7) is 6.11. The normalized spacial score (nSPS) is 10.4. The van der Waals surface area contributed by atoms with Gasteiger partial charge < -0.3 is 4.74 Å². The summed E-state index contributed by atoms with van der Waals surface area (Å²) in [5.74, 6) is 0.907. The predicted molar refractivity (Wildman–Crippen MR) is 81.8 cm³/mol. The standard InChI is InChI=1S/C15H16BrN3O/c1-8-6-11(9(2)10(3)15(8)20-5)14-13(16)12(7-17)18-19(14)4/h6H,1-5H3. The summed E-state index contributed by atoms with van der Waals surface area (Å²) < 4.78 is 7.91. The number of nitrogens with zero attached hydrogens (tertiary/aromatic N) is 3. The molecular formula is C15H16BrN3O. The number of methoxy groups -OCH3 is 1. The van der Waals surface area contributed by atoms with Crippen molar-refractivity contribution in [3.63, 3.8) is 0 Å². The smallest absolute Gasteiger partial charge is 0.177 e. The minimum Gasteiger partial charge on any atom is -0.496 e. The molecule has 0 aliphatic rings. The lowest BCUT2D eigenvalue weighted by Gasteiger charge is -2.16. The van der Waals surface area contributed by atoms with E-state index in [0.717, 1.165) is 38.2 Å². The third kappa shape index (κ3) is 2.10. The maximum absolute atomic E-state index is 9.09. The number of ether oxygens (including phenoxy) is 1. The van der Waals surface area contributed by atoms with Gasteiger partial charge in [-0.15, -0.1) is 0 Å². The first-order valence-electron chi connectivity index (χ1n) is 6.20. The molecule has 4 nitrogen and oxygen atoms in total. The maximum atomic E-state index is 9.09. The van der Waals surface area contributed by atoms with Gasteiger partial charge in [0, 0.05) is 12.6 Å². The molecule has 104 valence electrons. The molecule has 0 aliphatic carbocycles. The van der Waals surface area contributed by atoms with E-state index in [4.69, 9.17) is 10.00 Å². The van der Waals surface area contributed by atoms with Crippen LogP contribution in [-0.2, 0) is 7.05 Å². The lowest BCUT2D eigenvalue weighted by molar-refractivity contribution is 0.408. The largest absolute Gasteiger partial charge is 0.496 e. The highest BCUT2D eigenvalue weighted by atomic mass is 79.9. The van der Waals surface area contributed by atoms with Crippen molar-refractivity contribution in [1.82, 2.24) is 9.78 Å². The number of hydrogen-bond donors (Lipinski definition) is 0. The van der Waals surface area contributed by atoms with Gasteiger partial charge in [-0.3, -0.25) is 4.68 Å². The predicted octanol–water partition coefficient (Wildman–Crippen LogP) is 3.66. The summed E-state index contributed by atoms with van der Waals surface area (Å²) >= 11 is 3.48. The molecule has 0 aliphatic heterocycles. The monoisotopic (exact) mass is 333 g/mol. The molecule has 0 saturated carbocycles. The summed E-state index contributed by atoms with van der Waals surface area (Å²) in [4.78, 5) is 0. The Morgan fingerprint density at radius 2 is 1.95 bits per heavy atom. The van der Waals surface area contributed by atoms with Crippen molar-refractivity contribution in [1.29, 1.82) is 5.26 Å². The number of aromatic nitrogens is 2. The quantitative estimate of drug-likeness (QED) is 0.842. The van der Waals surface area contributed by atoms with E-state index in [1.165, 1.54) is 0 Å². The van der Waals surface area contributed by atoms with Crippen molar-refractivity contribution in [2.75, 3.05) is 7.11 Å².